The SMILES string of the molecule is CN1C(=O)[C@@H]2CC[C@H]1CN(C(=O)C1CCN(Cc3ccco3)CC1)C2. The Morgan fingerprint density at radius 2 is 2.00 bits per heavy atom. The second-order valence-corrected chi connectivity index (χ2v) is 7.75. The van der Waals surface area contributed by atoms with Gasteiger partial charge in [0.05, 0.1) is 18.7 Å². The number of rotatable bonds is 3. The molecule has 5 heterocycles. The molecule has 6 nitrogen and oxygen atoms in total. The van der Waals surface area contributed by atoms with Crippen LogP contribution in [0.3, 0.4) is 0 Å². The first kappa shape index (κ1) is 16.6. The lowest BCUT2D eigenvalue weighted by atomic mass is 9.94. The summed E-state index contributed by atoms with van der Waals surface area (Å²) in [6, 6.07) is 4.12. The summed E-state index contributed by atoms with van der Waals surface area (Å²) < 4.78 is 5.42. The van der Waals surface area contributed by atoms with Crippen LogP contribution in [0.5, 0.6) is 0 Å². The highest BCUT2D eigenvalue weighted by Gasteiger charge is 2.41. The highest BCUT2D eigenvalue weighted by atomic mass is 16.3. The van der Waals surface area contributed by atoms with E-state index < -0.39 is 0 Å². The van der Waals surface area contributed by atoms with Crippen LogP contribution >= 0.6 is 0 Å². The standard InChI is InChI=1S/C19H27N3O3/c1-20-16-5-4-15(18(20)23)11-22(12-16)19(24)14-6-8-21(9-7-14)13-17-3-2-10-25-17/h2-3,10,14-16H,4-9,11-13H2,1H3/t15-,16+/m1/s1. The normalized spacial score (nSPS) is 28.4. The van der Waals surface area contributed by atoms with Gasteiger partial charge in [-0.25, -0.2) is 0 Å². The van der Waals surface area contributed by atoms with E-state index in [4.69, 9.17) is 4.42 Å². The first-order chi connectivity index (χ1) is 12.1. The monoisotopic (exact) mass is 345 g/mol. The van der Waals surface area contributed by atoms with Gasteiger partial charge in [0, 0.05) is 32.1 Å². The summed E-state index contributed by atoms with van der Waals surface area (Å²) in [6.45, 7) is 4.00. The Morgan fingerprint density at radius 3 is 2.72 bits per heavy atom. The fraction of sp³-hybridized carbons (Fsp3) is 0.684. The van der Waals surface area contributed by atoms with Crippen LogP contribution in [0.4, 0.5) is 0 Å². The fourth-order valence-corrected chi connectivity index (χ4v) is 4.56. The molecule has 4 fully saturated rings. The molecule has 2 bridgehead atoms. The first-order valence-corrected chi connectivity index (χ1v) is 9.42. The van der Waals surface area contributed by atoms with Crippen LogP contribution in [0.15, 0.2) is 22.8 Å². The number of nitrogens with zero attached hydrogens (tertiary/aromatic N) is 3. The van der Waals surface area contributed by atoms with Gasteiger partial charge in [0.1, 0.15) is 5.76 Å². The van der Waals surface area contributed by atoms with Crippen LogP contribution in [0.1, 0.15) is 31.4 Å². The Morgan fingerprint density at radius 1 is 1.20 bits per heavy atom. The molecule has 1 aromatic rings. The molecule has 0 aliphatic carbocycles. The van der Waals surface area contributed by atoms with E-state index in [0.29, 0.717) is 13.1 Å². The maximum Gasteiger partial charge on any atom is 0.227 e. The minimum atomic E-state index is 0.00624. The number of likely N-dealkylation sites (N-methyl/N-ethyl adjacent to an activating group) is 1. The van der Waals surface area contributed by atoms with Gasteiger partial charge in [0.25, 0.3) is 0 Å². The number of furan rings is 1. The zero-order valence-corrected chi connectivity index (χ0v) is 14.9. The average molecular weight is 345 g/mol. The van der Waals surface area contributed by atoms with E-state index in [1.807, 2.05) is 29.0 Å². The Balaban J connectivity index is 1.34. The smallest absolute Gasteiger partial charge is 0.227 e. The molecule has 4 saturated heterocycles. The van der Waals surface area contributed by atoms with E-state index in [0.717, 1.165) is 51.1 Å². The molecular formula is C19H27N3O3. The van der Waals surface area contributed by atoms with Gasteiger partial charge in [-0.1, -0.05) is 0 Å². The van der Waals surface area contributed by atoms with Gasteiger partial charge in [-0.05, 0) is 50.9 Å². The van der Waals surface area contributed by atoms with Gasteiger partial charge in [-0.3, -0.25) is 14.5 Å². The van der Waals surface area contributed by atoms with Crippen molar-refractivity contribution in [2.45, 2.75) is 38.3 Å². The molecule has 4 aliphatic rings. The molecule has 0 radical (unpaired) electrons. The Bertz CT molecular complexity index is 622. The highest BCUT2D eigenvalue weighted by Crippen LogP contribution is 2.30. The Kier molecular flexibility index (Phi) is 4.54. The number of amides is 2. The third-order valence-electron chi connectivity index (χ3n) is 6.17. The molecule has 2 amide bonds. The molecule has 0 unspecified atom stereocenters. The molecule has 0 N–H and O–H groups in total. The summed E-state index contributed by atoms with van der Waals surface area (Å²) in [7, 11) is 1.89. The van der Waals surface area contributed by atoms with Crippen molar-refractivity contribution in [1.29, 1.82) is 0 Å². The van der Waals surface area contributed by atoms with Gasteiger partial charge >= 0.3 is 0 Å². The van der Waals surface area contributed by atoms with E-state index >= 15 is 0 Å². The van der Waals surface area contributed by atoms with Crippen LogP contribution < -0.4 is 0 Å². The van der Waals surface area contributed by atoms with Crippen molar-refractivity contribution in [1.82, 2.24) is 14.7 Å². The highest BCUT2D eigenvalue weighted by molar-refractivity contribution is 5.84. The molecule has 4 aliphatic heterocycles. The van der Waals surface area contributed by atoms with Crippen molar-refractivity contribution < 1.29 is 14.0 Å². The third-order valence-corrected chi connectivity index (χ3v) is 6.17. The van der Waals surface area contributed by atoms with E-state index in [1.54, 1.807) is 6.26 Å². The zero-order valence-electron chi connectivity index (χ0n) is 14.9. The molecule has 6 heteroatoms. The second kappa shape index (κ2) is 6.83. The average Bonchev–Trinajstić information content (AvgIpc) is 2.99. The lowest BCUT2D eigenvalue weighted by Gasteiger charge is -2.34. The lowest BCUT2D eigenvalue weighted by molar-refractivity contribution is -0.138. The third kappa shape index (κ3) is 3.32. The van der Waals surface area contributed by atoms with E-state index in [1.165, 1.54) is 0 Å². The van der Waals surface area contributed by atoms with Crippen molar-refractivity contribution in [3.8, 4) is 0 Å². The van der Waals surface area contributed by atoms with Crippen molar-refractivity contribution in [3.63, 3.8) is 0 Å². The van der Waals surface area contributed by atoms with E-state index in [9.17, 15) is 9.59 Å². The summed E-state index contributed by atoms with van der Waals surface area (Å²) in [5, 5.41) is 0. The molecule has 1 aromatic heterocycles. The first-order valence-electron chi connectivity index (χ1n) is 9.42. The van der Waals surface area contributed by atoms with Crippen LogP contribution in [0.25, 0.3) is 0 Å². The van der Waals surface area contributed by atoms with Crippen LogP contribution in [0.2, 0.25) is 0 Å². The number of piperidine rings is 2. The predicted octanol–water partition coefficient (Wildman–Crippen LogP) is 1.57. The molecule has 2 atom stereocenters. The van der Waals surface area contributed by atoms with E-state index in [2.05, 4.69) is 4.90 Å². The van der Waals surface area contributed by atoms with Gasteiger partial charge in [-0.2, -0.15) is 0 Å². The number of likely N-dealkylation sites (tertiary alicyclic amines) is 1. The van der Waals surface area contributed by atoms with Crippen LogP contribution in [-0.2, 0) is 16.1 Å². The van der Waals surface area contributed by atoms with Gasteiger partial charge in [-0.15, -0.1) is 0 Å². The van der Waals surface area contributed by atoms with Gasteiger partial charge in [0.2, 0.25) is 11.8 Å². The lowest BCUT2D eigenvalue weighted by Crippen LogP contribution is -2.46. The van der Waals surface area contributed by atoms with Crippen molar-refractivity contribution >= 4 is 11.8 Å². The minimum Gasteiger partial charge on any atom is -0.468 e. The Hall–Kier alpha value is -1.82. The predicted molar refractivity (Wildman–Crippen MR) is 92.6 cm³/mol. The molecule has 25 heavy (non-hydrogen) atoms. The zero-order chi connectivity index (χ0) is 17.4. The summed E-state index contributed by atoms with van der Waals surface area (Å²) in [4.78, 5) is 31.5. The fourth-order valence-electron chi connectivity index (χ4n) is 4.56. The van der Waals surface area contributed by atoms with Crippen molar-refractivity contribution in [2.24, 2.45) is 11.8 Å². The Labute approximate surface area is 148 Å². The number of fused-ring (bicyclic) bond motifs is 4. The summed E-state index contributed by atoms with van der Waals surface area (Å²) in [5.74, 6) is 1.57. The van der Waals surface area contributed by atoms with Gasteiger partial charge in [0.15, 0.2) is 0 Å². The maximum atomic E-state index is 13.0. The number of hydrogen-bond acceptors (Lipinski definition) is 4. The number of carbonyl (C=O) groups is 2. The molecule has 0 spiro atoms. The second-order valence-electron chi connectivity index (χ2n) is 7.75. The maximum absolute atomic E-state index is 13.0. The van der Waals surface area contributed by atoms with E-state index in [-0.39, 0.29) is 29.7 Å². The molecule has 5 rings (SSSR count). The van der Waals surface area contributed by atoms with Gasteiger partial charge < -0.3 is 14.2 Å². The quantitative estimate of drug-likeness (QED) is 0.834. The van der Waals surface area contributed by atoms with Crippen LogP contribution in [0, 0.1) is 11.8 Å². The molecule has 136 valence electrons. The number of carbonyl (C=O) groups excluding carboxylic acids is 2. The minimum absolute atomic E-state index is 0.00624. The topological polar surface area (TPSA) is 57.0 Å². The number of hydrogen-bond donors (Lipinski definition) is 0. The largest absolute Gasteiger partial charge is 0.468 e. The summed E-state index contributed by atoms with van der Waals surface area (Å²) in [5.41, 5.74) is 0. The van der Waals surface area contributed by atoms with Crippen LogP contribution in [-0.4, -0.2) is 65.8 Å². The van der Waals surface area contributed by atoms with Crippen molar-refractivity contribution in [2.75, 3.05) is 33.2 Å². The molecular weight excluding hydrogens is 318 g/mol. The summed E-state index contributed by atoms with van der Waals surface area (Å²) in [6.07, 6.45) is 5.46. The van der Waals surface area contributed by atoms with Crippen molar-refractivity contribution in [3.05, 3.63) is 24.2 Å². The summed E-state index contributed by atoms with van der Waals surface area (Å²) >= 11 is 0. The molecule has 0 aromatic carbocycles. The molecule has 0 saturated carbocycles.